The molecule has 0 saturated carbocycles. The van der Waals surface area contributed by atoms with Gasteiger partial charge in [-0.05, 0) is 47.7 Å². The molecule has 2 aromatic rings. The van der Waals surface area contributed by atoms with Crippen molar-refractivity contribution in [2.75, 3.05) is 39.7 Å². The average molecular weight is 386 g/mol. The van der Waals surface area contributed by atoms with E-state index in [0.29, 0.717) is 12.5 Å². The number of ether oxygens (including phenoxy) is 2. The van der Waals surface area contributed by atoms with Gasteiger partial charge in [0.05, 0.1) is 27.8 Å². The van der Waals surface area contributed by atoms with Crippen molar-refractivity contribution < 1.29 is 19.2 Å². The third-order valence-corrected chi connectivity index (χ3v) is 5.13. The van der Waals surface area contributed by atoms with E-state index in [1.165, 1.54) is 5.56 Å². The SMILES string of the molecule is CC[C@H](C)c1ccc(NC(=O)C[NH+](C)CCc2ccc(OC)c(OC)c2)cc1. The molecule has 0 aromatic heterocycles. The number of anilines is 1. The van der Waals surface area contributed by atoms with E-state index in [9.17, 15) is 4.79 Å². The highest BCUT2D eigenvalue weighted by Crippen LogP contribution is 2.27. The molecule has 1 amide bonds. The summed E-state index contributed by atoms with van der Waals surface area (Å²) in [5, 5.41) is 2.99. The fourth-order valence-electron chi connectivity index (χ4n) is 3.09. The van der Waals surface area contributed by atoms with Crippen LogP contribution in [0, 0.1) is 0 Å². The molecule has 0 radical (unpaired) electrons. The Morgan fingerprint density at radius 2 is 1.75 bits per heavy atom. The Hall–Kier alpha value is -2.53. The van der Waals surface area contributed by atoms with Crippen LogP contribution in [-0.4, -0.2) is 40.3 Å². The number of benzene rings is 2. The molecule has 2 atom stereocenters. The maximum Gasteiger partial charge on any atom is 0.279 e. The quantitative estimate of drug-likeness (QED) is 0.661. The highest BCUT2D eigenvalue weighted by atomic mass is 16.5. The van der Waals surface area contributed by atoms with E-state index in [2.05, 4.69) is 31.3 Å². The Bertz CT molecular complexity index is 759. The number of amides is 1. The van der Waals surface area contributed by atoms with Crippen LogP contribution >= 0.6 is 0 Å². The van der Waals surface area contributed by atoms with Crippen LogP contribution in [0.25, 0.3) is 0 Å². The van der Waals surface area contributed by atoms with Crippen molar-refractivity contribution in [3.8, 4) is 11.5 Å². The molecule has 152 valence electrons. The molecule has 2 N–H and O–H groups in total. The van der Waals surface area contributed by atoms with Crippen LogP contribution in [0.4, 0.5) is 5.69 Å². The number of hydrogen-bond donors (Lipinski definition) is 2. The summed E-state index contributed by atoms with van der Waals surface area (Å²) in [6.07, 6.45) is 1.98. The molecule has 0 bridgehead atoms. The van der Waals surface area contributed by atoms with Crippen molar-refractivity contribution in [1.82, 2.24) is 0 Å². The first-order valence-corrected chi connectivity index (χ1v) is 9.88. The zero-order valence-electron chi connectivity index (χ0n) is 17.7. The van der Waals surface area contributed by atoms with Crippen LogP contribution in [0.3, 0.4) is 0 Å². The zero-order valence-corrected chi connectivity index (χ0v) is 17.7. The lowest BCUT2D eigenvalue weighted by Crippen LogP contribution is -3.10. The number of quaternary nitrogens is 1. The summed E-state index contributed by atoms with van der Waals surface area (Å²) in [4.78, 5) is 13.5. The van der Waals surface area contributed by atoms with E-state index in [1.807, 2.05) is 37.4 Å². The van der Waals surface area contributed by atoms with Crippen LogP contribution in [-0.2, 0) is 11.2 Å². The van der Waals surface area contributed by atoms with Crippen molar-refractivity contribution in [3.63, 3.8) is 0 Å². The smallest absolute Gasteiger partial charge is 0.279 e. The van der Waals surface area contributed by atoms with Crippen LogP contribution in [0.1, 0.15) is 37.3 Å². The number of methoxy groups -OCH3 is 2. The minimum atomic E-state index is 0.0288. The average Bonchev–Trinajstić information content (AvgIpc) is 2.71. The highest BCUT2D eigenvalue weighted by molar-refractivity contribution is 5.91. The third-order valence-electron chi connectivity index (χ3n) is 5.13. The molecule has 0 aliphatic heterocycles. The molecule has 2 rings (SSSR count). The van der Waals surface area contributed by atoms with E-state index in [-0.39, 0.29) is 5.91 Å². The fourth-order valence-corrected chi connectivity index (χ4v) is 3.09. The van der Waals surface area contributed by atoms with Crippen molar-refractivity contribution in [2.24, 2.45) is 0 Å². The van der Waals surface area contributed by atoms with Gasteiger partial charge in [-0.3, -0.25) is 4.79 Å². The van der Waals surface area contributed by atoms with Gasteiger partial charge < -0.3 is 19.7 Å². The lowest BCUT2D eigenvalue weighted by Gasteiger charge is -2.15. The van der Waals surface area contributed by atoms with Gasteiger partial charge in [0.2, 0.25) is 0 Å². The van der Waals surface area contributed by atoms with E-state index < -0.39 is 0 Å². The lowest BCUT2D eigenvalue weighted by atomic mass is 9.99. The molecular weight excluding hydrogens is 352 g/mol. The number of rotatable bonds is 10. The van der Waals surface area contributed by atoms with Gasteiger partial charge in [-0.15, -0.1) is 0 Å². The van der Waals surface area contributed by atoms with E-state index in [4.69, 9.17) is 9.47 Å². The molecule has 0 spiro atoms. The first-order valence-electron chi connectivity index (χ1n) is 9.88. The molecule has 2 aromatic carbocycles. The number of nitrogens with one attached hydrogen (secondary N) is 2. The Morgan fingerprint density at radius 1 is 1.07 bits per heavy atom. The summed E-state index contributed by atoms with van der Waals surface area (Å²) in [7, 11) is 5.30. The van der Waals surface area contributed by atoms with E-state index in [1.54, 1.807) is 14.2 Å². The summed E-state index contributed by atoms with van der Waals surface area (Å²) in [6.45, 7) is 5.68. The standard InChI is InChI=1S/C23H32N2O3/c1-6-17(2)19-8-10-20(11-9-19)24-23(26)16-25(3)14-13-18-7-12-21(27-4)22(15-18)28-5/h7-12,15,17H,6,13-14,16H2,1-5H3,(H,24,26)/p+1/t17-/m0/s1. The largest absolute Gasteiger partial charge is 0.493 e. The minimum Gasteiger partial charge on any atom is -0.493 e. The van der Waals surface area contributed by atoms with Crippen molar-refractivity contribution >= 4 is 11.6 Å². The Labute approximate surface area is 168 Å². The first kappa shape index (κ1) is 21.8. The van der Waals surface area contributed by atoms with Gasteiger partial charge in [0, 0.05) is 12.1 Å². The Morgan fingerprint density at radius 3 is 2.36 bits per heavy atom. The van der Waals surface area contributed by atoms with Crippen LogP contribution in [0.15, 0.2) is 42.5 Å². The van der Waals surface area contributed by atoms with Gasteiger partial charge in [-0.1, -0.05) is 32.0 Å². The van der Waals surface area contributed by atoms with Gasteiger partial charge in [0.25, 0.3) is 5.91 Å². The molecular formula is C23H33N2O3+. The van der Waals surface area contributed by atoms with Crippen LogP contribution < -0.4 is 19.7 Å². The van der Waals surface area contributed by atoms with Gasteiger partial charge in [-0.25, -0.2) is 0 Å². The van der Waals surface area contributed by atoms with Crippen LogP contribution in [0.2, 0.25) is 0 Å². The molecule has 5 nitrogen and oxygen atoms in total. The van der Waals surface area contributed by atoms with Gasteiger partial charge in [0.15, 0.2) is 18.0 Å². The molecule has 0 saturated heterocycles. The zero-order chi connectivity index (χ0) is 20.5. The van der Waals surface area contributed by atoms with Gasteiger partial charge >= 0.3 is 0 Å². The number of hydrogen-bond acceptors (Lipinski definition) is 3. The monoisotopic (exact) mass is 385 g/mol. The van der Waals surface area contributed by atoms with Gasteiger partial charge in [-0.2, -0.15) is 0 Å². The third kappa shape index (κ3) is 6.27. The number of likely N-dealkylation sites (N-methyl/N-ethyl adjacent to an activating group) is 1. The summed E-state index contributed by atoms with van der Waals surface area (Å²) in [5.74, 6) is 2.03. The molecule has 0 aliphatic carbocycles. The second kappa shape index (κ2) is 10.7. The number of carbonyl (C=O) groups excluding carboxylic acids is 1. The van der Waals surface area contributed by atoms with Gasteiger partial charge in [0.1, 0.15) is 0 Å². The second-order valence-corrected chi connectivity index (χ2v) is 7.30. The fraction of sp³-hybridized carbons (Fsp3) is 0.435. The molecule has 1 unspecified atom stereocenters. The lowest BCUT2D eigenvalue weighted by molar-refractivity contribution is -0.870. The molecule has 0 fully saturated rings. The molecule has 0 heterocycles. The predicted octanol–water partition coefficient (Wildman–Crippen LogP) is 2.91. The maximum absolute atomic E-state index is 12.3. The highest BCUT2D eigenvalue weighted by Gasteiger charge is 2.12. The minimum absolute atomic E-state index is 0.0288. The van der Waals surface area contributed by atoms with Crippen molar-refractivity contribution in [2.45, 2.75) is 32.6 Å². The first-order chi connectivity index (χ1) is 13.5. The Kier molecular flexibility index (Phi) is 8.33. The second-order valence-electron chi connectivity index (χ2n) is 7.30. The number of carbonyl (C=O) groups is 1. The summed E-state index contributed by atoms with van der Waals surface area (Å²) < 4.78 is 10.6. The summed E-state index contributed by atoms with van der Waals surface area (Å²) >= 11 is 0. The summed E-state index contributed by atoms with van der Waals surface area (Å²) in [6, 6.07) is 14.1. The predicted molar refractivity (Wildman–Crippen MR) is 114 cm³/mol. The molecule has 28 heavy (non-hydrogen) atoms. The molecule has 0 aliphatic rings. The Balaban J connectivity index is 1.82. The van der Waals surface area contributed by atoms with E-state index >= 15 is 0 Å². The topological polar surface area (TPSA) is 52.0 Å². The van der Waals surface area contributed by atoms with E-state index in [0.717, 1.165) is 47.0 Å². The maximum atomic E-state index is 12.3. The van der Waals surface area contributed by atoms with Crippen molar-refractivity contribution in [3.05, 3.63) is 53.6 Å². The normalized spacial score (nSPS) is 12.9. The molecule has 5 heteroatoms. The van der Waals surface area contributed by atoms with Crippen LogP contribution in [0.5, 0.6) is 11.5 Å². The summed E-state index contributed by atoms with van der Waals surface area (Å²) in [5.41, 5.74) is 3.32. The van der Waals surface area contributed by atoms with Crippen molar-refractivity contribution in [1.29, 1.82) is 0 Å².